The second-order valence-corrected chi connectivity index (χ2v) is 5.15. The molecule has 2 rings (SSSR count). The Balaban J connectivity index is 2.30. The van der Waals surface area contributed by atoms with Crippen molar-refractivity contribution in [2.45, 2.75) is 18.5 Å². The highest BCUT2D eigenvalue weighted by atomic mass is 32.2. The van der Waals surface area contributed by atoms with Crippen LogP contribution in [-0.4, -0.2) is 28.1 Å². The molecular weight excluding hydrogens is 256 g/mol. The van der Waals surface area contributed by atoms with E-state index in [1.807, 2.05) is 6.92 Å². The van der Waals surface area contributed by atoms with Crippen LogP contribution in [0.2, 0.25) is 0 Å². The molecule has 8 heteroatoms. The van der Waals surface area contributed by atoms with Crippen molar-refractivity contribution >= 4 is 15.8 Å². The van der Waals surface area contributed by atoms with Crippen molar-refractivity contribution < 1.29 is 13.5 Å². The van der Waals surface area contributed by atoms with E-state index in [2.05, 4.69) is 14.7 Å². The lowest BCUT2D eigenvalue weighted by atomic mass is 10.4. The minimum atomic E-state index is -3.83. The maximum absolute atomic E-state index is 11.9. The molecule has 0 saturated carbocycles. The van der Waals surface area contributed by atoms with Crippen LogP contribution in [0, 0.1) is 0 Å². The van der Waals surface area contributed by atoms with Crippen molar-refractivity contribution in [3.05, 3.63) is 30.9 Å². The van der Waals surface area contributed by atoms with Gasteiger partial charge in [-0.1, -0.05) is 0 Å². The van der Waals surface area contributed by atoms with Crippen molar-refractivity contribution in [1.29, 1.82) is 0 Å². The zero-order chi connectivity index (χ0) is 13.2. The Bertz CT molecular complexity index is 651. The first-order chi connectivity index (χ1) is 8.53. The Morgan fingerprint density at radius 2 is 2.22 bits per heavy atom. The Morgan fingerprint density at radius 3 is 2.83 bits per heavy atom. The van der Waals surface area contributed by atoms with E-state index in [9.17, 15) is 13.5 Å². The van der Waals surface area contributed by atoms with Crippen LogP contribution in [0.5, 0.6) is 5.75 Å². The molecule has 0 bridgehead atoms. The number of nitrogens with one attached hydrogen (secondary N) is 1. The van der Waals surface area contributed by atoms with E-state index in [0.29, 0.717) is 6.54 Å². The van der Waals surface area contributed by atoms with Gasteiger partial charge in [0, 0.05) is 18.9 Å². The first kappa shape index (κ1) is 12.4. The van der Waals surface area contributed by atoms with Gasteiger partial charge in [0.2, 0.25) is 0 Å². The fourth-order valence-corrected chi connectivity index (χ4v) is 2.28. The molecule has 96 valence electrons. The third-order valence-corrected chi connectivity index (χ3v) is 3.49. The molecule has 0 aliphatic carbocycles. The Kier molecular flexibility index (Phi) is 3.19. The van der Waals surface area contributed by atoms with Crippen LogP contribution in [0.1, 0.15) is 6.92 Å². The lowest BCUT2D eigenvalue weighted by Gasteiger charge is -2.05. The van der Waals surface area contributed by atoms with Crippen molar-refractivity contribution in [2.24, 2.45) is 0 Å². The number of aromatic nitrogens is 3. The number of hydrogen-bond acceptors (Lipinski definition) is 5. The SMILES string of the molecule is CCn1cnc(S(=O)(=O)Nc2ncccc2O)c1. The van der Waals surface area contributed by atoms with Crippen LogP contribution in [0.4, 0.5) is 5.82 Å². The number of anilines is 1. The number of aryl methyl sites for hydroxylation is 1. The predicted octanol–water partition coefficient (Wildman–Crippen LogP) is 0.804. The minimum Gasteiger partial charge on any atom is -0.504 e. The molecular formula is C10H12N4O3S. The average molecular weight is 268 g/mol. The molecule has 7 nitrogen and oxygen atoms in total. The summed E-state index contributed by atoms with van der Waals surface area (Å²) in [6.45, 7) is 2.49. The number of aromatic hydroxyl groups is 1. The van der Waals surface area contributed by atoms with Crippen molar-refractivity contribution in [3.8, 4) is 5.75 Å². The average Bonchev–Trinajstić information content (AvgIpc) is 2.81. The van der Waals surface area contributed by atoms with E-state index in [1.165, 1.54) is 30.9 Å². The Hall–Kier alpha value is -2.09. The highest BCUT2D eigenvalue weighted by Crippen LogP contribution is 2.21. The predicted molar refractivity (Wildman–Crippen MR) is 64.6 cm³/mol. The van der Waals surface area contributed by atoms with Gasteiger partial charge < -0.3 is 9.67 Å². The number of hydrogen-bond donors (Lipinski definition) is 2. The lowest BCUT2D eigenvalue weighted by molar-refractivity contribution is 0.475. The van der Waals surface area contributed by atoms with Gasteiger partial charge in [0.1, 0.15) is 0 Å². The number of imidazole rings is 1. The van der Waals surface area contributed by atoms with Gasteiger partial charge in [-0.15, -0.1) is 0 Å². The first-order valence-corrected chi connectivity index (χ1v) is 6.70. The maximum Gasteiger partial charge on any atom is 0.282 e. The monoisotopic (exact) mass is 268 g/mol. The molecule has 0 amide bonds. The maximum atomic E-state index is 11.9. The van der Waals surface area contributed by atoms with Gasteiger partial charge in [0.15, 0.2) is 16.6 Å². The van der Waals surface area contributed by atoms with Gasteiger partial charge in [-0.25, -0.2) is 9.97 Å². The van der Waals surface area contributed by atoms with Gasteiger partial charge in [0.05, 0.1) is 6.33 Å². The van der Waals surface area contributed by atoms with E-state index in [0.717, 1.165) is 0 Å². The van der Waals surface area contributed by atoms with Crippen LogP contribution in [0.25, 0.3) is 0 Å². The number of nitrogens with zero attached hydrogens (tertiary/aromatic N) is 3. The van der Waals surface area contributed by atoms with E-state index in [4.69, 9.17) is 0 Å². The fraction of sp³-hybridized carbons (Fsp3) is 0.200. The molecule has 18 heavy (non-hydrogen) atoms. The summed E-state index contributed by atoms with van der Waals surface area (Å²) in [4.78, 5) is 7.53. The molecule has 0 saturated heterocycles. The third-order valence-electron chi connectivity index (χ3n) is 2.27. The molecule has 0 atom stereocenters. The second-order valence-electron chi connectivity index (χ2n) is 3.52. The number of rotatable bonds is 4. The molecule has 0 radical (unpaired) electrons. The molecule has 2 heterocycles. The highest BCUT2D eigenvalue weighted by molar-refractivity contribution is 7.92. The van der Waals surface area contributed by atoms with Crippen LogP contribution < -0.4 is 4.72 Å². The van der Waals surface area contributed by atoms with Gasteiger partial charge >= 0.3 is 0 Å². The van der Waals surface area contributed by atoms with Gasteiger partial charge in [-0.2, -0.15) is 8.42 Å². The van der Waals surface area contributed by atoms with Crippen LogP contribution in [-0.2, 0) is 16.6 Å². The normalized spacial score (nSPS) is 11.4. The van der Waals surface area contributed by atoms with E-state index >= 15 is 0 Å². The molecule has 0 aliphatic heterocycles. The molecule has 2 N–H and O–H groups in total. The summed E-state index contributed by atoms with van der Waals surface area (Å²) in [5, 5.41) is 9.34. The summed E-state index contributed by atoms with van der Waals surface area (Å²) < 4.78 is 27.7. The van der Waals surface area contributed by atoms with Crippen LogP contribution in [0.15, 0.2) is 35.9 Å². The molecule has 0 aliphatic rings. The number of sulfonamides is 1. The molecule has 2 aromatic heterocycles. The topological polar surface area (TPSA) is 97.1 Å². The molecule has 2 aromatic rings. The molecule has 0 fully saturated rings. The van der Waals surface area contributed by atoms with Crippen LogP contribution >= 0.6 is 0 Å². The van der Waals surface area contributed by atoms with Crippen molar-refractivity contribution in [3.63, 3.8) is 0 Å². The lowest BCUT2D eigenvalue weighted by Crippen LogP contribution is -2.14. The quantitative estimate of drug-likeness (QED) is 0.855. The second kappa shape index (κ2) is 4.65. The summed E-state index contributed by atoms with van der Waals surface area (Å²) in [7, 11) is -3.83. The van der Waals surface area contributed by atoms with Gasteiger partial charge in [-0.05, 0) is 19.1 Å². The summed E-state index contributed by atoms with van der Waals surface area (Å²) in [6.07, 6.45) is 4.21. The summed E-state index contributed by atoms with van der Waals surface area (Å²) in [5.41, 5.74) is 0. The first-order valence-electron chi connectivity index (χ1n) is 5.21. The molecule has 0 unspecified atom stereocenters. The summed E-state index contributed by atoms with van der Waals surface area (Å²) >= 11 is 0. The van der Waals surface area contributed by atoms with E-state index in [-0.39, 0.29) is 16.6 Å². The zero-order valence-electron chi connectivity index (χ0n) is 9.61. The molecule has 0 spiro atoms. The number of pyridine rings is 1. The van der Waals surface area contributed by atoms with E-state index in [1.54, 1.807) is 4.57 Å². The van der Waals surface area contributed by atoms with Gasteiger partial charge in [-0.3, -0.25) is 4.72 Å². The standard InChI is InChI=1S/C10H12N4O3S/c1-2-14-6-9(12-7-14)18(16,17)13-10-8(15)4-3-5-11-10/h3-7,15H,2H2,1H3,(H,11,13). The smallest absolute Gasteiger partial charge is 0.282 e. The van der Waals surface area contributed by atoms with Crippen molar-refractivity contribution in [1.82, 2.24) is 14.5 Å². The minimum absolute atomic E-state index is 0.116. The van der Waals surface area contributed by atoms with Crippen LogP contribution in [0.3, 0.4) is 0 Å². The Morgan fingerprint density at radius 1 is 1.44 bits per heavy atom. The Labute approximate surface area is 104 Å². The van der Waals surface area contributed by atoms with Crippen molar-refractivity contribution in [2.75, 3.05) is 4.72 Å². The van der Waals surface area contributed by atoms with Gasteiger partial charge in [0.25, 0.3) is 10.0 Å². The fourth-order valence-electron chi connectivity index (χ4n) is 1.31. The summed E-state index contributed by atoms with van der Waals surface area (Å²) in [6, 6.07) is 2.84. The highest BCUT2D eigenvalue weighted by Gasteiger charge is 2.19. The largest absolute Gasteiger partial charge is 0.504 e. The zero-order valence-corrected chi connectivity index (χ0v) is 10.4. The van der Waals surface area contributed by atoms with E-state index < -0.39 is 10.0 Å². The third kappa shape index (κ3) is 2.43. The molecule has 0 aromatic carbocycles. The summed E-state index contributed by atoms with van der Waals surface area (Å²) in [5.74, 6) is -0.362.